The maximum absolute atomic E-state index is 12.1. The highest BCUT2D eigenvalue weighted by Crippen LogP contribution is 2.30. The lowest BCUT2D eigenvalue weighted by atomic mass is 10.0. The number of aliphatic hydroxyl groups is 2. The van der Waals surface area contributed by atoms with E-state index in [1.165, 1.54) is 0 Å². The van der Waals surface area contributed by atoms with Gasteiger partial charge in [0.15, 0.2) is 0 Å². The average Bonchev–Trinajstić information content (AvgIpc) is 2.40. The van der Waals surface area contributed by atoms with Gasteiger partial charge >= 0.3 is 12.5 Å². The van der Waals surface area contributed by atoms with Crippen LogP contribution in [-0.4, -0.2) is 40.9 Å². The third-order valence-electron chi connectivity index (χ3n) is 2.83. The number of amides is 1. The molecule has 142 valence electrons. The number of carbonyl (C=O) groups excluding carboxylic acids is 1. The van der Waals surface area contributed by atoms with Gasteiger partial charge in [-0.1, -0.05) is 6.07 Å². The molecule has 0 saturated carbocycles. The third kappa shape index (κ3) is 7.48. The Hall–Kier alpha value is -2.20. The van der Waals surface area contributed by atoms with Crippen molar-refractivity contribution < 1.29 is 37.7 Å². The van der Waals surface area contributed by atoms with E-state index in [-0.39, 0.29) is 17.8 Å². The van der Waals surface area contributed by atoms with Gasteiger partial charge in [-0.3, -0.25) is 0 Å². The van der Waals surface area contributed by atoms with Crippen molar-refractivity contribution in [3.8, 4) is 5.75 Å². The summed E-state index contributed by atoms with van der Waals surface area (Å²) in [5.74, 6) is -0.553. The minimum atomic E-state index is -4.87. The quantitative estimate of drug-likeness (QED) is 0.594. The summed E-state index contributed by atoms with van der Waals surface area (Å²) in [6.07, 6.45) is -8.65. The molecule has 0 radical (unpaired) electrons. The normalized spacial score (nSPS) is 14.6. The number of aliphatic hydroxyl groups excluding tert-OH is 2. The Balaban J connectivity index is 2.69. The summed E-state index contributed by atoms with van der Waals surface area (Å²) in [6, 6.07) is 2.92. The number of rotatable bonds is 5. The van der Waals surface area contributed by atoms with Crippen LogP contribution in [0.3, 0.4) is 0 Å². The first-order chi connectivity index (χ1) is 11.3. The molecule has 7 nitrogen and oxygen atoms in total. The second kappa shape index (κ2) is 7.79. The fourth-order valence-electron chi connectivity index (χ4n) is 1.84. The van der Waals surface area contributed by atoms with Crippen LogP contribution in [0, 0.1) is 0 Å². The van der Waals surface area contributed by atoms with Crippen molar-refractivity contribution in [3.63, 3.8) is 0 Å². The van der Waals surface area contributed by atoms with Gasteiger partial charge in [-0.2, -0.15) is 0 Å². The number of nitrogens with two attached hydrogens (primary N) is 1. The minimum Gasteiger partial charge on any atom is -0.444 e. The standard InChI is InChI=1S/C15H21F3N2O5/c1-14(2,3)25-13(23)20-7-11(21)12(22)9-5-4-8(6-10(9)19)24-15(16,17)18/h4-6,11-12,21-22H,7,19H2,1-3H3,(H,20,23). The Labute approximate surface area is 142 Å². The molecule has 1 aromatic carbocycles. The first kappa shape index (κ1) is 20.8. The van der Waals surface area contributed by atoms with E-state index in [0.29, 0.717) is 0 Å². The molecule has 5 N–H and O–H groups in total. The summed E-state index contributed by atoms with van der Waals surface area (Å²) >= 11 is 0. The molecular weight excluding hydrogens is 345 g/mol. The monoisotopic (exact) mass is 366 g/mol. The van der Waals surface area contributed by atoms with Crippen LogP contribution in [-0.2, 0) is 4.74 Å². The van der Waals surface area contributed by atoms with E-state index in [2.05, 4.69) is 10.1 Å². The van der Waals surface area contributed by atoms with Crippen LogP contribution in [0.1, 0.15) is 32.4 Å². The highest BCUT2D eigenvalue weighted by molar-refractivity contribution is 5.67. The van der Waals surface area contributed by atoms with Gasteiger partial charge in [0.05, 0.1) is 0 Å². The van der Waals surface area contributed by atoms with Crippen molar-refractivity contribution in [2.24, 2.45) is 0 Å². The molecule has 0 fully saturated rings. The fourth-order valence-corrected chi connectivity index (χ4v) is 1.84. The average molecular weight is 366 g/mol. The third-order valence-corrected chi connectivity index (χ3v) is 2.83. The van der Waals surface area contributed by atoms with Crippen molar-refractivity contribution in [1.29, 1.82) is 0 Å². The van der Waals surface area contributed by atoms with Gasteiger partial charge in [0.1, 0.15) is 23.6 Å². The molecule has 10 heteroatoms. The van der Waals surface area contributed by atoms with E-state index in [4.69, 9.17) is 10.5 Å². The fraction of sp³-hybridized carbons (Fsp3) is 0.533. The Bertz CT molecular complexity index is 602. The predicted molar refractivity (Wildman–Crippen MR) is 82.7 cm³/mol. The summed E-state index contributed by atoms with van der Waals surface area (Å²) in [5, 5.41) is 22.2. The summed E-state index contributed by atoms with van der Waals surface area (Å²) in [6.45, 7) is 4.62. The number of alkyl halides is 3. The van der Waals surface area contributed by atoms with Crippen LogP contribution in [0.2, 0.25) is 0 Å². The molecule has 0 aliphatic carbocycles. The zero-order valence-electron chi connectivity index (χ0n) is 13.9. The smallest absolute Gasteiger partial charge is 0.444 e. The van der Waals surface area contributed by atoms with Crippen LogP contribution in [0.25, 0.3) is 0 Å². The molecule has 0 heterocycles. The van der Waals surface area contributed by atoms with Crippen molar-refractivity contribution in [2.75, 3.05) is 12.3 Å². The van der Waals surface area contributed by atoms with Crippen LogP contribution >= 0.6 is 0 Å². The number of carbonyl (C=O) groups is 1. The van der Waals surface area contributed by atoms with E-state index in [1.807, 2.05) is 0 Å². The zero-order chi connectivity index (χ0) is 19.4. The van der Waals surface area contributed by atoms with Gasteiger partial charge in [0.2, 0.25) is 0 Å². The molecule has 1 rings (SSSR count). The molecule has 1 amide bonds. The minimum absolute atomic E-state index is 0.00647. The number of ether oxygens (including phenoxy) is 2. The molecular formula is C15H21F3N2O5. The van der Waals surface area contributed by atoms with Crippen molar-refractivity contribution >= 4 is 11.8 Å². The largest absolute Gasteiger partial charge is 0.573 e. The van der Waals surface area contributed by atoms with Crippen molar-refractivity contribution in [2.45, 2.75) is 44.9 Å². The van der Waals surface area contributed by atoms with Gasteiger partial charge in [-0.25, -0.2) is 4.79 Å². The highest BCUT2D eigenvalue weighted by atomic mass is 19.4. The number of benzene rings is 1. The number of nitrogen functional groups attached to an aromatic ring is 1. The van der Waals surface area contributed by atoms with Gasteiger partial charge in [0.25, 0.3) is 0 Å². The molecule has 1 aromatic rings. The zero-order valence-corrected chi connectivity index (χ0v) is 13.9. The maximum atomic E-state index is 12.1. The SMILES string of the molecule is CC(C)(C)OC(=O)NCC(O)C(O)c1ccc(OC(F)(F)F)cc1N. The van der Waals surface area contributed by atoms with E-state index in [1.54, 1.807) is 20.8 Å². The lowest BCUT2D eigenvalue weighted by Gasteiger charge is -2.23. The molecule has 0 saturated heterocycles. The van der Waals surface area contributed by atoms with Crippen molar-refractivity contribution in [3.05, 3.63) is 23.8 Å². The van der Waals surface area contributed by atoms with Crippen LogP contribution in [0.5, 0.6) is 5.75 Å². The number of hydrogen-bond donors (Lipinski definition) is 4. The Kier molecular flexibility index (Phi) is 6.49. The van der Waals surface area contributed by atoms with Crippen LogP contribution in [0.4, 0.5) is 23.7 Å². The molecule has 25 heavy (non-hydrogen) atoms. The maximum Gasteiger partial charge on any atom is 0.573 e. The second-order valence-electron chi connectivity index (χ2n) is 6.23. The molecule has 0 spiro atoms. The van der Waals surface area contributed by atoms with E-state index < -0.39 is 36.0 Å². The second-order valence-corrected chi connectivity index (χ2v) is 6.23. The van der Waals surface area contributed by atoms with Gasteiger partial charge in [0, 0.05) is 23.9 Å². The number of nitrogens with one attached hydrogen (secondary N) is 1. The molecule has 0 bridgehead atoms. The summed E-state index contributed by atoms with van der Waals surface area (Å²) < 4.78 is 45.1. The van der Waals surface area contributed by atoms with Crippen LogP contribution in [0.15, 0.2) is 18.2 Å². The first-order valence-electron chi connectivity index (χ1n) is 7.26. The lowest BCUT2D eigenvalue weighted by Crippen LogP contribution is -2.39. The Morgan fingerprint density at radius 1 is 1.28 bits per heavy atom. The molecule has 2 atom stereocenters. The van der Waals surface area contributed by atoms with Crippen molar-refractivity contribution in [1.82, 2.24) is 5.32 Å². The summed E-state index contributed by atoms with van der Waals surface area (Å²) in [4.78, 5) is 11.5. The van der Waals surface area contributed by atoms with Gasteiger partial charge < -0.3 is 30.7 Å². The summed E-state index contributed by atoms with van der Waals surface area (Å²) in [7, 11) is 0. The molecule has 0 aliphatic heterocycles. The number of alkyl carbamates (subject to hydrolysis) is 1. The molecule has 2 unspecified atom stereocenters. The molecule has 0 aliphatic rings. The highest BCUT2D eigenvalue weighted by Gasteiger charge is 2.31. The van der Waals surface area contributed by atoms with E-state index >= 15 is 0 Å². The predicted octanol–water partition coefficient (Wildman–Crippen LogP) is 2.09. The number of halogens is 3. The van der Waals surface area contributed by atoms with Gasteiger partial charge in [-0.15, -0.1) is 13.2 Å². The Morgan fingerprint density at radius 3 is 2.36 bits per heavy atom. The molecule has 0 aromatic heterocycles. The lowest BCUT2D eigenvalue weighted by molar-refractivity contribution is -0.274. The number of hydrogen-bond acceptors (Lipinski definition) is 6. The van der Waals surface area contributed by atoms with E-state index in [0.717, 1.165) is 18.2 Å². The van der Waals surface area contributed by atoms with E-state index in [9.17, 15) is 28.2 Å². The van der Waals surface area contributed by atoms with Crippen LogP contribution < -0.4 is 15.8 Å². The van der Waals surface area contributed by atoms with Gasteiger partial charge in [-0.05, 0) is 26.8 Å². The topological polar surface area (TPSA) is 114 Å². The Morgan fingerprint density at radius 2 is 1.88 bits per heavy atom. The first-order valence-corrected chi connectivity index (χ1v) is 7.26. The number of anilines is 1. The summed E-state index contributed by atoms with van der Waals surface area (Å²) in [5.41, 5.74) is 4.65.